The number of pyridine rings is 1. The Morgan fingerprint density at radius 3 is 2.21 bits per heavy atom. The maximum absolute atomic E-state index is 4.84. The van der Waals surface area contributed by atoms with E-state index in [-0.39, 0.29) is 20.1 Å². The molecule has 0 spiro atoms. The van der Waals surface area contributed by atoms with Crippen molar-refractivity contribution >= 4 is 16.6 Å². The van der Waals surface area contributed by atoms with Gasteiger partial charge >= 0.3 is 0 Å². The normalized spacial score (nSPS) is 14.0. The number of hydrogen-bond donors (Lipinski definition) is 0. The number of aromatic nitrogens is 3. The maximum atomic E-state index is 4.84. The van der Waals surface area contributed by atoms with Crippen LogP contribution in [0.25, 0.3) is 39.3 Å². The van der Waals surface area contributed by atoms with E-state index in [2.05, 4.69) is 65.9 Å². The molecule has 0 fully saturated rings. The topological polar surface area (TPSA) is 30.7 Å². The van der Waals surface area contributed by atoms with Crippen LogP contribution in [0, 0.1) is 12.1 Å². The van der Waals surface area contributed by atoms with Gasteiger partial charge in [0.15, 0.2) is 0 Å². The predicted molar refractivity (Wildman–Crippen MR) is 131 cm³/mol. The summed E-state index contributed by atoms with van der Waals surface area (Å²) in [6, 6.07) is 34.8. The van der Waals surface area contributed by atoms with Gasteiger partial charge in [0.05, 0.1) is 16.9 Å². The quantitative estimate of drug-likeness (QED) is 0.203. The molecule has 0 N–H and O–H groups in total. The van der Waals surface area contributed by atoms with Crippen LogP contribution >= 0.6 is 0 Å². The number of benzene rings is 3. The Labute approximate surface area is 208 Å². The van der Waals surface area contributed by atoms with Gasteiger partial charge < -0.3 is 9.55 Å². The SMILES string of the molecule is CC1=CC(C)n2c(-c3[c-]cccc3)nc3cccc1c32.[Ir].[c-]1ccccc1-c1ccccn1. The van der Waals surface area contributed by atoms with E-state index in [4.69, 9.17) is 4.98 Å². The summed E-state index contributed by atoms with van der Waals surface area (Å²) < 4.78 is 2.32. The summed E-state index contributed by atoms with van der Waals surface area (Å²) in [6.45, 7) is 4.39. The van der Waals surface area contributed by atoms with E-state index in [0.29, 0.717) is 6.04 Å². The van der Waals surface area contributed by atoms with Crippen LogP contribution in [0.1, 0.15) is 25.5 Å². The zero-order chi connectivity index (χ0) is 21.9. The minimum atomic E-state index is 0. The molecule has 2 aromatic heterocycles. The van der Waals surface area contributed by atoms with Crippen LogP contribution in [0.15, 0.2) is 97.2 Å². The molecular formula is C29H23IrN3-2. The van der Waals surface area contributed by atoms with Crippen molar-refractivity contribution in [1.29, 1.82) is 0 Å². The van der Waals surface area contributed by atoms with E-state index in [1.807, 2.05) is 60.7 Å². The first-order chi connectivity index (χ1) is 15.7. The van der Waals surface area contributed by atoms with Gasteiger partial charge in [0.2, 0.25) is 0 Å². The summed E-state index contributed by atoms with van der Waals surface area (Å²) in [7, 11) is 0. The van der Waals surface area contributed by atoms with Gasteiger partial charge in [-0.15, -0.1) is 71.8 Å². The van der Waals surface area contributed by atoms with Crippen molar-refractivity contribution in [2.24, 2.45) is 0 Å². The summed E-state index contributed by atoms with van der Waals surface area (Å²) in [4.78, 5) is 9.06. The minimum absolute atomic E-state index is 0. The second-order valence-electron chi connectivity index (χ2n) is 7.84. The molecule has 0 aliphatic carbocycles. The zero-order valence-corrected chi connectivity index (χ0v) is 20.9. The van der Waals surface area contributed by atoms with Gasteiger partial charge in [0.1, 0.15) is 0 Å². The fraction of sp³-hybridized carbons (Fsp3) is 0.103. The number of imidazole rings is 1. The molecule has 33 heavy (non-hydrogen) atoms. The molecule has 0 bridgehead atoms. The Hall–Kier alpha value is -3.33. The Morgan fingerprint density at radius 1 is 0.818 bits per heavy atom. The smallest absolute Gasteiger partial charge is 0.0777 e. The molecular weight excluding hydrogens is 583 g/mol. The van der Waals surface area contributed by atoms with Crippen LogP contribution in [0.4, 0.5) is 0 Å². The monoisotopic (exact) mass is 606 g/mol. The van der Waals surface area contributed by atoms with Crippen molar-refractivity contribution in [2.75, 3.05) is 0 Å². The van der Waals surface area contributed by atoms with Crippen molar-refractivity contribution in [2.45, 2.75) is 19.9 Å². The molecule has 5 aromatic rings. The molecule has 1 atom stereocenters. The third-order valence-corrected chi connectivity index (χ3v) is 5.63. The summed E-state index contributed by atoms with van der Waals surface area (Å²) in [5, 5.41) is 0. The number of nitrogens with zero attached hydrogens (tertiary/aromatic N) is 3. The van der Waals surface area contributed by atoms with E-state index >= 15 is 0 Å². The zero-order valence-electron chi connectivity index (χ0n) is 18.5. The largest absolute Gasteiger partial charge is 0.358 e. The Kier molecular flexibility index (Phi) is 6.98. The first-order valence-electron chi connectivity index (χ1n) is 10.8. The number of hydrogen-bond acceptors (Lipinski definition) is 2. The fourth-order valence-corrected chi connectivity index (χ4v) is 4.19. The van der Waals surface area contributed by atoms with Crippen LogP contribution in [0.3, 0.4) is 0 Å². The summed E-state index contributed by atoms with van der Waals surface area (Å²) >= 11 is 0. The molecule has 165 valence electrons. The van der Waals surface area contributed by atoms with Crippen molar-refractivity contribution in [3.63, 3.8) is 0 Å². The second kappa shape index (κ2) is 10.1. The number of allylic oxidation sites excluding steroid dienone is 2. The van der Waals surface area contributed by atoms with Gasteiger partial charge in [0.25, 0.3) is 0 Å². The van der Waals surface area contributed by atoms with Gasteiger partial charge in [-0.3, -0.25) is 4.98 Å². The average Bonchev–Trinajstić information content (AvgIpc) is 3.26. The molecule has 1 radical (unpaired) electrons. The van der Waals surface area contributed by atoms with E-state index in [9.17, 15) is 0 Å². The molecule has 0 amide bonds. The van der Waals surface area contributed by atoms with Crippen molar-refractivity contribution in [1.82, 2.24) is 14.5 Å². The third-order valence-electron chi connectivity index (χ3n) is 5.63. The van der Waals surface area contributed by atoms with Gasteiger partial charge in [-0.05, 0) is 37.2 Å². The van der Waals surface area contributed by atoms with E-state index in [1.165, 1.54) is 16.7 Å². The van der Waals surface area contributed by atoms with Crippen LogP contribution in [0.2, 0.25) is 0 Å². The average molecular weight is 606 g/mol. The van der Waals surface area contributed by atoms with Crippen LogP contribution < -0.4 is 0 Å². The van der Waals surface area contributed by atoms with Gasteiger partial charge in [0, 0.05) is 37.9 Å². The van der Waals surface area contributed by atoms with Crippen molar-refractivity contribution in [3.05, 3.63) is 115 Å². The number of rotatable bonds is 2. The second-order valence-corrected chi connectivity index (χ2v) is 7.84. The van der Waals surface area contributed by atoms with Crippen LogP contribution in [-0.4, -0.2) is 14.5 Å². The van der Waals surface area contributed by atoms with Crippen molar-refractivity contribution < 1.29 is 20.1 Å². The summed E-state index contributed by atoms with van der Waals surface area (Å²) in [5.74, 6) is 1.00. The molecule has 3 aromatic carbocycles. The molecule has 3 nitrogen and oxygen atoms in total. The molecule has 6 rings (SSSR count). The Bertz CT molecular complexity index is 1340. The third kappa shape index (κ3) is 4.59. The molecule has 0 saturated heterocycles. The number of para-hydroxylation sites is 1. The first-order valence-corrected chi connectivity index (χ1v) is 10.8. The van der Waals surface area contributed by atoms with E-state index in [1.54, 1.807) is 6.20 Å². The van der Waals surface area contributed by atoms with Crippen LogP contribution in [0.5, 0.6) is 0 Å². The van der Waals surface area contributed by atoms with Gasteiger partial charge in [-0.25, -0.2) is 0 Å². The molecule has 1 unspecified atom stereocenters. The first kappa shape index (κ1) is 22.8. The van der Waals surface area contributed by atoms with Gasteiger partial charge in [-0.1, -0.05) is 30.3 Å². The minimum Gasteiger partial charge on any atom is -0.358 e. The molecule has 0 saturated carbocycles. The summed E-state index contributed by atoms with van der Waals surface area (Å²) in [5.41, 5.74) is 7.99. The Morgan fingerprint density at radius 2 is 1.55 bits per heavy atom. The Balaban J connectivity index is 0.000000172. The molecule has 1 aliphatic heterocycles. The fourth-order valence-electron chi connectivity index (χ4n) is 4.19. The maximum Gasteiger partial charge on any atom is 0.0777 e. The standard InChI is InChI=1S/C18H15N2.C11H8N.Ir/c1-12-11-13(2)20-17-15(12)9-6-10-16(17)19-18(20)14-7-4-3-5-8-14;1-2-6-10(7-3-1)11-8-4-5-9-12-11;/h3-7,9-11,13H,1-2H3;1-6,8-9H;/q2*-1;. The molecule has 1 aliphatic rings. The van der Waals surface area contributed by atoms with Crippen molar-refractivity contribution in [3.8, 4) is 22.6 Å². The van der Waals surface area contributed by atoms with Crippen LogP contribution in [-0.2, 0) is 20.1 Å². The van der Waals surface area contributed by atoms with E-state index in [0.717, 1.165) is 28.2 Å². The summed E-state index contributed by atoms with van der Waals surface area (Å²) in [6.07, 6.45) is 4.09. The predicted octanol–water partition coefficient (Wildman–Crippen LogP) is 7.03. The van der Waals surface area contributed by atoms with E-state index < -0.39 is 0 Å². The van der Waals surface area contributed by atoms with Gasteiger partial charge in [-0.2, -0.15) is 0 Å². The molecule has 3 heterocycles. The molecule has 4 heteroatoms.